The molecule has 2 aliphatic heterocycles. The molecule has 0 aromatic rings. The highest BCUT2D eigenvalue weighted by Gasteiger charge is 2.40. The Hall–Kier alpha value is -3.46. The third-order valence-corrected chi connectivity index (χ3v) is 7.01. The van der Waals surface area contributed by atoms with Crippen molar-refractivity contribution >= 4 is 35.6 Å². The van der Waals surface area contributed by atoms with Gasteiger partial charge in [0.1, 0.15) is 24.2 Å². The molecule has 0 unspecified atom stereocenters. The van der Waals surface area contributed by atoms with Crippen molar-refractivity contribution in [2.45, 2.75) is 82.0 Å². The number of nitrogens with two attached hydrogens (primary N) is 4. The van der Waals surface area contributed by atoms with Gasteiger partial charge in [0.05, 0.1) is 6.54 Å². The Morgan fingerprint density at radius 3 is 1.97 bits per heavy atom. The number of carbonyl (C=O) groups is 5. The monoisotopic (exact) mass is 553 g/mol. The molecule has 0 aliphatic carbocycles. The van der Waals surface area contributed by atoms with Crippen molar-refractivity contribution < 1.29 is 29.1 Å². The second-order valence-corrected chi connectivity index (χ2v) is 9.83. The molecule has 0 saturated carbocycles. The fraction of sp³-hybridized carbons (Fsp3) is 0.750. The van der Waals surface area contributed by atoms with E-state index in [4.69, 9.17) is 22.9 Å². The number of nitrogens with one attached hydrogen (secondary N) is 2. The summed E-state index contributed by atoms with van der Waals surface area (Å²) < 4.78 is 0. The number of amides is 4. The predicted octanol–water partition coefficient (Wildman–Crippen LogP) is -2.84. The Labute approximate surface area is 228 Å². The normalized spacial score (nSPS) is 20.3. The maximum atomic E-state index is 13.7. The number of hydrogen-bond acceptors (Lipinski definition) is 8. The van der Waals surface area contributed by atoms with Gasteiger partial charge in [-0.1, -0.05) is 0 Å². The van der Waals surface area contributed by atoms with E-state index in [2.05, 4.69) is 15.6 Å². The number of hydrogen-bond donors (Lipinski definition) is 7. The summed E-state index contributed by atoms with van der Waals surface area (Å²) in [6, 6.07) is -3.69. The Morgan fingerprint density at radius 1 is 0.846 bits per heavy atom. The molecule has 2 rings (SSSR count). The van der Waals surface area contributed by atoms with Crippen LogP contribution in [0.3, 0.4) is 0 Å². The molecule has 0 radical (unpaired) electrons. The molecule has 220 valence electrons. The van der Waals surface area contributed by atoms with Crippen LogP contribution in [0.4, 0.5) is 0 Å². The summed E-state index contributed by atoms with van der Waals surface area (Å²) in [5, 5.41) is 14.9. The number of aliphatic imine (C=N–C) groups is 1. The highest BCUT2D eigenvalue weighted by molar-refractivity contribution is 5.95. The fourth-order valence-electron chi connectivity index (χ4n) is 5.01. The van der Waals surface area contributed by atoms with Gasteiger partial charge >= 0.3 is 5.97 Å². The molecule has 39 heavy (non-hydrogen) atoms. The van der Waals surface area contributed by atoms with Gasteiger partial charge in [-0.2, -0.15) is 0 Å². The van der Waals surface area contributed by atoms with E-state index in [1.807, 2.05) is 0 Å². The van der Waals surface area contributed by atoms with Gasteiger partial charge in [-0.25, -0.2) is 4.79 Å². The summed E-state index contributed by atoms with van der Waals surface area (Å²) in [5.74, 6) is -3.09. The van der Waals surface area contributed by atoms with Gasteiger partial charge in [-0.15, -0.1) is 0 Å². The third kappa shape index (κ3) is 9.35. The zero-order valence-electron chi connectivity index (χ0n) is 22.3. The topological polar surface area (TPSA) is 253 Å². The van der Waals surface area contributed by atoms with E-state index in [1.54, 1.807) is 0 Å². The van der Waals surface area contributed by atoms with Crippen LogP contribution in [0.2, 0.25) is 0 Å². The number of carbonyl (C=O) groups excluding carboxylic acids is 4. The van der Waals surface area contributed by atoms with Crippen molar-refractivity contribution in [2.24, 2.45) is 27.9 Å². The first-order chi connectivity index (χ1) is 18.6. The van der Waals surface area contributed by atoms with E-state index >= 15 is 0 Å². The molecule has 2 heterocycles. The first kappa shape index (κ1) is 31.8. The van der Waals surface area contributed by atoms with Crippen LogP contribution in [0.1, 0.15) is 57.8 Å². The van der Waals surface area contributed by atoms with Gasteiger partial charge in [0.25, 0.3) is 0 Å². The minimum absolute atomic E-state index is 0.0977. The average Bonchev–Trinajstić information content (AvgIpc) is 3.59. The van der Waals surface area contributed by atoms with Crippen molar-refractivity contribution in [2.75, 3.05) is 32.7 Å². The smallest absolute Gasteiger partial charge is 0.326 e. The Bertz CT molecular complexity index is 911. The van der Waals surface area contributed by atoms with Crippen molar-refractivity contribution in [3.05, 3.63) is 0 Å². The summed E-state index contributed by atoms with van der Waals surface area (Å²) in [4.78, 5) is 70.5. The Morgan fingerprint density at radius 2 is 1.41 bits per heavy atom. The highest BCUT2D eigenvalue weighted by atomic mass is 16.4. The van der Waals surface area contributed by atoms with Crippen LogP contribution < -0.4 is 33.6 Å². The zero-order chi connectivity index (χ0) is 28.9. The van der Waals surface area contributed by atoms with Crippen molar-refractivity contribution in [3.8, 4) is 0 Å². The quantitative estimate of drug-likeness (QED) is 0.0621. The van der Waals surface area contributed by atoms with E-state index in [0.29, 0.717) is 58.0 Å². The molecule has 15 heteroatoms. The number of aliphatic carboxylic acids is 1. The van der Waals surface area contributed by atoms with E-state index in [9.17, 15) is 29.1 Å². The lowest BCUT2D eigenvalue weighted by atomic mass is 10.1. The standard InChI is InChI=1S/C24H43N9O6/c25-10-2-1-6-16(23(38)39)31-21(36)18-9-5-13-33(18)22(37)15(7-3-11-29-24(27)28)30-20(35)17-8-4-12-32(17)19(34)14-26/h15-18H,1-14,25-26H2,(H,30,35)(H,31,36)(H,38,39)(H4,27,28,29)/t15-,16-,17-,18-/m0/s1. The van der Waals surface area contributed by atoms with E-state index in [0.717, 1.165) is 0 Å². The molecule has 4 amide bonds. The number of carboxylic acids is 1. The van der Waals surface area contributed by atoms with Crippen LogP contribution in [0.25, 0.3) is 0 Å². The van der Waals surface area contributed by atoms with E-state index in [-0.39, 0.29) is 44.3 Å². The molecule has 15 nitrogen and oxygen atoms in total. The molecule has 2 fully saturated rings. The lowest BCUT2D eigenvalue weighted by Gasteiger charge is -2.31. The minimum atomic E-state index is -1.16. The molecule has 2 saturated heterocycles. The summed E-state index contributed by atoms with van der Waals surface area (Å²) >= 11 is 0. The number of guanidine groups is 1. The zero-order valence-corrected chi connectivity index (χ0v) is 22.3. The maximum Gasteiger partial charge on any atom is 0.326 e. The van der Waals surface area contributed by atoms with Crippen LogP contribution in [-0.4, -0.2) is 107 Å². The van der Waals surface area contributed by atoms with Crippen LogP contribution in [0.15, 0.2) is 4.99 Å². The number of rotatable bonds is 15. The molecular weight excluding hydrogens is 510 g/mol. The number of nitrogens with zero attached hydrogens (tertiary/aromatic N) is 3. The molecular formula is C24H43N9O6. The van der Waals surface area contributed by atoms with Crippen LogP contribution in [0.5, 0.6) is 0 Å². The number of carboxylic acid groups (broad SMARTS) is 1. The minimum Gasteiger partial charge on any atom is -0.480 e. The van der Waals surface area contributed by atoms with Crippen molar-refractivity contribution in [1.82, 2.24) is 20.4 Å². The lowest BCUT2D eigenvalue weighted by Crippen LogP contribution is -2.57. The Kier molecular flexibility index (Phi) is 12.9. The first-order valence-electron chi connectivity index (χ1n) is 13.5. The molecule has 0 aromatic carbocycles. The SMILES string of the molecule is NCCCC[C@H](NC(=O)[C@@H]1CCCN1C(=O)[C@H](CCCN=C(N)N)NC(=O)[C@@H]1CCCN1C(=O)CN)C(=O)O. The molecule has 0 aromatic heterocycles. The maximum absolute atomic E-state index is 13.7. The van der Waals surface area contributed by atoms with Gasteiger partial charge < -0.3 is 48.5 Å². The third-order valence-electron chi connectivity index (χ3n) is 7.01. The molecule has 0 bridgehead atoms. The number of likely N-dealkylation sites (tertiary alicyclic amines) is 2. The first-order valence-corrected chi connectivity index (χ1v) is 13.5. The summed E-state index contributed by atoms with van der Waals surface area (Å²) in [6.45, 7) is 1.11. The van der Waals surface area contributed by atoms with E-state index < -0.39 is 47.9 Å². The van der Waals surface area contributed by atoms with Gasteiger partial charge in [-0.3, -0.25) is 24.2 Å². The largest absolute Gasteiger partial charge is 0.480 e. The van der Waals surface area contributed by atoms with Crippen LogP contribution in [0, 0.1) is 0 Å². The van der Waals surface area contributed by atoms with Crippen molar-refractivity contribution in [1.29, 1.82) is 0 Å². The van der Waals surface area contributed by atoms with E-state index in [1.165, 1.54) is 9.80 Å². The van der Waals surface area contributed by atoms with Gasteiger partial charge in [0.2, 0.25) is 23.6 Å². The van der Waals surface area contributed by atoms with Crippen LogP contribution >= 0.6 is 0 Å². The molecule has 0 spiro atoms. The predicted molar refractivity (Wildman–Crippen MR) is 143 cm³/mol. The molecule has 11 N–H and O–H groups in total. The average molecular weight is 554 g/mol. The van der Waals surface area contributed by atoms with Crippen LogP contribution in [-0.2, 0) is 24.0 Å². The number of unbranched alkanes of at least 4 members (excludes halogenated alkanes) is 1. The molecule has 4 atom stereocenters. The summed E-state index contributed by atoms with van der Waals surface area (Å²) in [7, 11) is 0. The summed E-state index contributed by atoms with van der Waals surface area (Å²) in [5.41, 5.74) is 21.7. The highest BCUT2D eigenvalue weighted by Crippen LogP contribution is 2.22. The lowest BCUT2D eigenvalue weighted by molar-refractivity contribution is -0.145. The summed E-state index contributed by atoms with van der Waals surface area (Å²) in [6.07, 6.45) is 3.95. The second-order valence-electron chi connectivity index (χ2n) is 9.83. The van der Waals surface area contributed by atoms with Gasteiger partial charge in [0.15, 0.2) is 5.96 Å². The fourth-order valence-corrected chi connectivity index (χ4v) is 5.01. The van der Waals surface area contributed by atoms with Crippen molar-refractivity contribution in [3.63, 3.8) is 0 Å². The van der Waals surface area contributed by atoms with Gasteiger partial charge in [0, 0.05) is 19.6 Å². The second kappa shape index (κ2) is 15.8. The van der Waals surface area contributed by atoms with Gasteiger partial charge in [-0.05, 0) is 64.3 Å². The molecule has 2 aliphatic rings. The Balaban J connectivity index is 2.15.